The quantitative estimate of drug-likeness (QED) is 0.740. The van der Waals surface area contributed by atoms with E-state index >= 15 is 0 Å². The molecular weight excluding hydrogens is 390 g/mol. The van der Waals surface area contributed by atoms with Crippen LogP contribution in [0.4, 0.5) is 5.69 Å². The first-order chi connectivity index (χ1) is 15.1. The maximum absolute atomic E-state index is 13.8. The fourth-order valence-corrected chi connectivity index (χ4v) is 6.71. The Hall–Kier alpha value is -2.99. The SMILES string of the molecule is CCc1ccc2c(c1)[C@@]1(C(=O)N2)[C@@H]2C(=O)N(Cc3ccccc3)C(=O)[C@@H]2[C@@H]2CCC[NH+]21. The van der Waals surface area contributed by atoms with Gasteiger partial charge in [-0.15, -0.1) is 0 Å². The van der Waals surface area contributed by atoms with E-state index in [1.807, 2.05) is 42.5 Å². The first-order valence-electron chi connectivity index (χ1n) is 11.3. The lowest BCUT2D eigenvalue weighted by Gasteiger charge is -2.33. The summed E-state index contributed by atoms with van der Waals surface area (Å²) < 4.78 is 0. The molecule has 158 valence electrons. The highest BCUT2D eigenvalue weighted by Gasteiger charge is 2.78. The Bertz CT molecular complexity index is 1110. The van der Waals surface area contributed by atoms with Crippen molar-refractivity contribution in [2.24, 2.45) is 11.8 Å². The summed E-state index contributed by atoms with van der Waals surface area (Å²) in [5, 5.41) is 3.06. The van der Waals surface area contributed by atoms with Gasteiger partial charge in [-0.1, -0.05) is 43.3 Å². The van der Waals surface area contributed by atoms with Crippen molar-refractivity contribution in [3.8, 4) is 0 Å². The largest absolute Gasteiger partial charge is 0.320 e. The second-order valence-electron chi connectivity index (χ2n) is 9.27. The van der Waals surface area contributed by atoms with Gasteiger partial charge < -0.3 is 10.2 Å². The molecule has 3 saturated heterocycles. The maximum atomic E-state index is 13.8. The third kappa shape index (κ3) is 2.28. The average molecular weight is 417 g/mol. The number of nitrogens with one attached hydrogen (secondary N) is 2. The zero-order valence-electron chi connectivity index (χ0n) is 17.6. The smallest absolute Gasteiger partial charge is 0.291 e. The Balaban J connectivity index is 1.50. The van der Waals surface area contributed by atoms with Gasteiger partial charge in [-0.3, -0.25) is 19.3 Å². The first kappa shape index (κ1) is 18.8. The Kier molecular flexibility index (Phi) is 3.93. The van der Waals surface area contributed by atoms with Crippen LogP contribution in [0.5, 0.6) is 0 Å². The monoisotopic (exact) mass is 416 g/mol. The van der Waals surface area contributed by atoms with Crippen molar-refractivity contribution in [3.05, 3.63) is 65.2 Å². The predicted molar refractivity (Wildman–Crippen MR) is 114 cm³/mol. The summed E-state index contributed by atoms with van der Waals surface area (Å²) in [6.45, 7) is 3.18. The van der Waals surface area contributed by atoms with E-state index < -0.39 is 17.4 Å². The van der Waals surface area contributed by atoms with Gasteiger partial charge >= 0.3 is 0 Å². The van der Waals surface area contributed by atoms with Crippen LogP contribution in [-0.4, -0.2) is 35.2 Å². The van der Waals surface area contributed by atoms with Gasteiger partial charge in [-0.05, 0) is 29.7 Å². The second-order valence-corrected chi connectivity index (χ2v) is 9.27. The number of carbonyl (C=O) groups is 3. The molecule has 6 heteroatoms. The van der Waals surface area contributed by atoms with Gasteiger partial charge in [-0.25, -0.2) is 0 Å². The van der Waals surface area contributed by atoms with Crippen molar-refractivity contribution in [2.75, 3.05) is 11.9 Å². The number of hydrogen-bond acceptors (Lipinski definition) is 3. The molecule has 4 heterocycles. The van der Waals surface area contributed by atoms with Crippen LogP contribution in [0.2, 0.25) is 0 Å². The number of nitrogens with zero attached hydrogens (tertiary/aromatic N) is 1. The molecule has 1 unspecified atom stereocenters. The molecule has 0 aliphatic carbocycles. The van der Waals surface area contributed by atoms with Crippen LogP contribution < -0.4 is 10.2 Å². The summed E-state index contributed by atoms with van der Waals surface area (Å²) in [6.07, 6.45) is 2.71. The third-order valence-electron chi connectivity index (χ3n) is 7.96. The van der Waals surface area contributed by atoms with Crippen LogP contribution in [0.3, 0.4) is 0 Å². The highest BCUT2D eigenvalue weighted by atomic mass is 16.2. The van der Waals surface area contributed by atoms with E-state index in [4.69, 9.17) is 0 Å². The lowest BCUT2D eigenvalue weighted by atomic mass is 9.75. The normalized spacial score (nSPS) is 33.1. The number of amides is 3. The van der Waals surface area contributed by atoms with Gasteiger partial charge in [0.2, 0.25) is 17.4 Å². The molecule has 2 N–H and O–H groups in total. The van der Waals surface area contributed by atoms with E-state index in [-0.39, 0.29) is 30.3 Å². The van der Waals surface area contributed by atoms with Crippen molar-refractivity contribution in [2.45, 2.75) is 44.3 Å². The van der Waals surface area contributed by atoms with Crippen LogP contribution >= 0.6 is 0 Å². The highest BCUT2D eigenvalue weighted by Crippen LogP contribution is 2.52. The minimum atomic E-state index is -0.996. The Morgan fingerprint density at radius 2 is 1.87 bits per heavy atom. The van der Waals surface area contributed by atoms with E-state index in [0.29, 0.717) is 0 Å². The number of hydrogen-bond donors (Lipinski definition) is 2. The molecule has 6 rings (SSSR count). The number of benzene rings is 2. The predicted octanol–water partition coefficient (Wildman–Crippen LogP) is 1.26. The standard InChI is InChI=1S/C25H25N3O3/c1-2-15-10-11-18-17(13-15)25(24(31)26-18)21-20(19-9-6-12-28(19)25)22(29)27(23(21)30)14-16-7-4-3-5-8-16/h3-5,7-8,10-11,13,19-21H,2,6,9,12,14H2,1H3,(H,26,31)/p+1/t19-,20+,21-,25-/m0/s1. The average Bonchev–Trinajstić information content (AvgIpc) is 3.49. The number of likely N-dealkylation sites (tertiary alicyclic amines) is 1. The number of carbonyl (C=O) groups excluding carboxylic acids is 3. The maximum Gasteiger partial charge on any atom is 0.291 e. The zero-order chi connectivity index (χ0) is 21.3. The zero-order valence-corrected chi connectivity index (χ0v) is 17.6. The Morgan fingerprint density at radius 3 is 2.65 bits per heavy atom. The molecule has 6 nitrogen and oxygen atoms in total. The molecule has 31 heavy (non-hydrogen) atoms. The molecule has 2 aromatic rings. The fourth-order valence-electron chi connectivity index (χ4n) is 6.71. The minimum absolute atomic E-state index is 0.0178. The minimum Gasteiger partial charge on any atom is -0.320 e. The molecule has 4 aliphatic heterocycles. The Labute approximate surface area is 181 Å². The second kappa shape index (κ2) is 6.50. The van der Waals surface area contributed by atoms with Crippen molar-refractivity contribution in [1.82, 2.24) is 4.90 Å². The van der Waals surface area contributed by atoms with E-state index in [1.165, 1.54) is 4.90 Å². The van der Waals surface area contributed by atoms with Gasteiger partial charge in [0.25, 0.3) is 5.91 Å². The molecule has 0 radical (unpaired) electrons. The molecule has 5 atom stereocenters. The van der Waals surface area contributed by atoms with Crippen molar-refractivity contribution in [1.29, 1.82) is 0 Å². The summed E-state index contributed by atoms with van der Waals surface area (Å²) >= 11 is 0. The molecule has 0 aromatic heterocycles. The van der Waals surface area contributed by atoms with Gasteiger partial charge in [0.15, 0.2) is 0 Å². The van der Waals surface area contributed by atoms with Crippen molar-refractivity contribution < 1.29 is 19.3 Å². The lowest BCUT2D eigenvalue weighted by Crippen LogP contribution is -3.19. The van der Waals surface area contributed by atoms with Gasteiger partial charge in [0, 0.05) is 18.4 Å². The van der Waals surface area contributed by atoms with Gasteiger partial charge in [0.05, 0.1) is 18.8 Å². The molecule has 4 aliphatic rings. The molecular formula is C25H26N3O3+. The molecule has 3 fully saturated rings. The topological polar surface area (TPSA) is 70.9 Å². The van der Waals surface area contributed by atoms with Crippen molar-refractivity contribution in [3.63, 3.8) is 0 Å². The first-order valence-corrected chi connectivity index (χ1v) is 11.3. The number of fused-ring (bicyclic) bond motifs is 7. The van der Waals surface area contributed by atoms with Crippen LogP contribution in [-0.2, 0) is 32.9 Å². The number of rotatable bonds is 3. The summed E-state index contributed by atoms with van der Waals surface area (Å²) in [5.74, 6) is -1.46. The van der Waals surface area contributed by atoms with Crippen LogP contribution in [0.25, 0.3) is 0 Å². The highest BCUT2D eigenvalue weighted by molar-refractivity contribution is 6.14. The van der Waals surface area contributed by atoms with E-state index in [1.54, 1.807) is 0 Å². The molecule has 1 spiro atoms. The summed E-state index contributed by atoms with van der Waals surface area (Å²) in [6, 6.07) is 15.7. The number of anilines is 1. The molecule has 2 aromatic carbocycles. The van der Waals surface area contributed by atoms with E-state index in [0.717, 1.165) is 53.1 Å². The van der Waals surface area contributed by atoms with Crippen molar-refractivity contribution >= 4 is 23.4 Å². The number of aryl methyl sites for hydroxylation is 1. The van der Waals surface area contributed by atoms with Gasteiger partial charge in [0.1, 0.15) is 17.9 Å². The molecule has 0 bridgehead atoms. The number of quaternary nitrogens is 1. The summed E-state index contributed by atoms with van der Waals surface area (Å²) in [4.78, 5) is 43.6. The third-order valence-corrected chi connectivity index (χ3v) is 7.96. The molecule has 0 saturated carbocycles. The van der Waals surface area contributed by atoms with E-state index in [2.05, 4.69) is 18.3 Å². The molecule has 3 amide bonds. The summed E-state index contributed by atoms with van der Waals surface area (Å²) in [7, 11) is 0. The van der Waals surface area contributed by atoms with Crippen LogP contribution in [0, 0.1) is 11.8 Å². The van der Waals surface area contributed by atoms with E-state index in [9.17, 15) is 14.4 Å². The summed E-state index contributed by atoms with van der Waals surface area (Å²) in [5.41, 5.74) is 2.78. The Morgan fingerprint density at radius 1 is 1.06 bits per heavy atom. The van der Waals surface area contributed by atoms with Crippen LogP contribution in [0.15, 0.2) is 48.5 Å². The fraction of sp³-hybridized carbons (Fsp3) is 0.400. The number of imide groups is 1. The van der Waals surface area contributed by atoms with Crippen LogP contribution in [0.1, 0.15) is 36.5 Å². The van der Waals surface area contributed by atoms with Gasteiger partial charge in [-0.2, -0.15) is 0 Å². The lowest BCUT2D eigenvalue weighted by molar-refractivity contribution is -0.948.